The second-order valence-corrected chi connectivity index (χ2v) is 9.24. The molecule has 22 heavy (non-hydrogen) atoms. The molecule has 2 N–H and O–H groups in total. The van der Waals surface area contributed by atoms with Crippen LogP contribution in [0.3, 0.4) is 0 Å². The summed E-state index contributed by atoms with van der Waals surface area (Å²) in [5.74, 6) is 0. The molecule has 0 radical (unpaired) electrons. The molecule has 0 saturated heterocycles. The van der Waals surface area contributed by atoms with E-state index in [1.807, 2.05) is 0 Å². The van der Waals surface area contributed by atoms with Gasteiger partial charge in [0.25, 0.3) is 0 Å². The van der Waals surface area contributed by atoms with Gasteiger partial charge in [-0.25, -0.2) is 0 Å². The van der Waals surface area contributed by atoms with E-state index in [2.05, 4.69) is 58.9 Å². The molecular weight excluding hydrogens is 266 g/mol. The predicted octanol–water partition coefficient (Wildman–Crippen LogP) is 5.56. The van der Waals surface area contributed by atoms with Gasteiger partial charge in [0, 0.05) is 12.0 Å². The van der Waals surface area contributed by atoms with Crippen LogP contribution in [0.25, 0.3) is 0 Å². The van der Waals surface area contributed by atoms with Crippen molar-refractivity contribution in [3.63, 3.8) is 0 Å². The van der Waals surface area contributed by atoms with E-state index in [9.17, 15) is 0 Å². The van der Waals surface area contributed by atoms with Crippen molar-refractivity contribution in [2.24, 2.45) is 11.1 Å². The summed E-state index contributed by atoms with van der Waals surface area (Å²) in [5.41, 5.74) is 9.91. The molecule has 0 amide bonds. The third-order valence-electron chi connectivity index (χ3n) is 5.45. The van der Waals surface area contributed by atoms with E-state index in [4.69, 9.17) is 5.73 Å². The summed E-state index contributed by atoms with van der Waals surface area (Å²) < 4.78 is 0. The normalized spacial score (nSPS) is 19.2. The van der Waals surface area contributed by atoms with Crippen LogP contribution >= 0.6 is 0 Å². The van der Waals surface area contributed by atoms with Crippen molar-refractivity contribution >= 4 is 0 Å². The molecule has 1 aromatic carbocycles. The van der Waals surface area contributed by atoms with Gasteiger partial charge in [0.05, 0.1) is 0 Å². The Bertz CT molecular complexity index is 470. The molecule has 0 spiro atoms. The van der Waals surface area contributed by atoms with Crippen molar-refractivity contribution in [3.8, 4) is 0 Å². The predicted molar refractivity (Wildman–Crippen MR) is 97.4 cm³/mol. The van der Waals surface area contributed by atoms with Gasteiger partial charge >= 0.3 is 0 Å². The smallest absolute Gasteiger partial charge is 0.00755 e. The summed E-state index contributed by atoms with van der Waals surface area (Å²) >= 11 is 0. The average molecular weight is 302 g/mol. The minimum Gasteiger partial charge on any atom is -0.330 e. The highest BCUT2D eigenvalue weighted by Gasteiger charge is 2.33. The molecule has 2 rings (SSSR count). The zero-order chi connectivity index (χ0) is 16.4. The zero-order valence-corrected chi connectivity index (χ0v) is 15.3. The SMILES string of the molecule is CC(C)(C)CC(C)(C)c1ccc(C2(CN)CCCCC2)cc1. The van der Waals surface area contributed by atoms with Gasteiger partial charge in [0.1, 0.15) is 0 Å². The Labute approximate surface area is 137 Å². The highest BCUT2D eigenvalue weighted by Crippen LogP contribution is 2.40. The first kappa shape index (κ1) is 17.5. The van der Waals surface area contributed by atoms with Crippen LogP contribution in [-0.4, -0.2) is 6.54 Å². The van der Waals surface area contributed by atoms with Crippen LogP contribution < -0.4 is 5.73 Å². The second kappa shape index (κ2) is 6.35. The fraction of sp³-hybridized carbons (Fsp3) is 0.714. The zero-order valence-electron chi connectivity index (χ0n) is 15.3. The molecule has 0 aromatic heterocycles. The van der Waals surface area contributed by atoms with Gasteiger partial charge in [-0.3, -0.25) is 0 Å². The summed E-state index contributed by atoms with van der Waals surface area (Å²) in [6, 6.07) is 9.43. The van der Waals surface area contributed by atoms with E-state index in [0.717, 1.165) is 6.54 Å². The minimum atomic E-state index is 0.221. The Balaban J connectivity index is 2.22. The van der Waals surface area contributed by atoms with E-state index in [-0.39, 0.29) is 10.8 Å². The van der Waals surface area contributed by atoms with Crippen LogP contribution in [0.15, 0.2) is 24.3 Å². The van der Waals surface area contributed by atoms with Crippen LogP contribution in [0.5, 0.6) is 0 Å². The molecule has 0 atom stereocenters. The molecular formula is C21H35N. The molecule has 1 aromatic rings. The summed E-state index contributed by atoms with van der Waals surface area (Å²) in [6.45, 7) is 12.5. The number of nitrogens with two attached hydrogens (primary N) is 1. The highest BCUT2D eigenvalue weighted by atomic mass is 14.6. The van der Waals surface area contributed by atoms with E-state index in [1.165, 1.54) is 49.7 Å². The molecule has 0 unspecified atom stereocenters. The van der Waals surface area contributed by atoms with Crippen molar-refractivity contribution in [1.82, 2.24) is 0 Å². The summed E-state index contributed by atoms with van der Waals surface area (Å²) in [7, 11) is 0. The third kappa shape index (κ3) is 3.93. The molecule has 1 aliphatic rings. The van der Waals surface area contributed by atoms with E-state index in [1.54, 1.807) is 0 Å². The lowest BCUT2D eigenvalue weighted by Crippen LogP contribution is -2.37. The topological polar surface area (TPSA) is 26.0 Å². The lowest BCUT2D eigenvalue weighted by Gasteiger charge is -2.38. The van der Waals surface area contributed by atoms with Gasteiger partial charge in [-0.2, -0.15) is 0 Å². The largest absolute Gasteiger partial charge is 0.330 e. The van der Waals surface area contributed by atoms with Crippen molar-refractivity contribution in [2.75, 3.05) is 6.54 Å². The van der Waals surface area contributed by atoms with Crippen LogP contribution in [0.1, 0.15) is 84.3 Å². The fourth-order valence-corrected chi connectivity index (χ4v) is 4.54. The fourth-order valence-electron chi connectivity index (χ4n) is 4.54. The van der Waals surface area contributed by atoms with Gasteiger partial charge in [0.2, 0.25) is 0 Å². The molecule has 1 fully saturated rings. The summed E-state index contributed by atoms with van der Waals surface area (Å²) in [6.07, 6.45) is 7.74. The quantitative estimate of drug-likeness (QED) is 0.774. The monoisotopic (exact) mass is 301 g/mol. The van der Waals surface area contributed by atoms with E-state index >= 15 is 0 Å². The highest BCUT2D eigenvalue weighted by molar-refractivity contribution is 5.33. The van der Waals surface area contributed by atoms with Gasteiger partial charge in [-0.05, 0) is 41.2 Å². The lowest BCUT2D eigenvalue weighted by atomic mass is 9.68. The summed E-state index contributed by atoms with van der Waals surface area (Å²) in [4.78, 5) is 0. The van der Waals surface area contributed by atoms with Crippen molar-refractivity contribution in [1.29, 1.82) is 0 Å². The Morgan fingerprint density at radius 2 is 1.45 bits per heavy atom. The first-order chi connectivity index (χ1) is 10.2. The lowest BCUT2D eigenvalue weighted by molar-refractivity contribution is 0.283. The number of hydrogen-bond donors (Lipinski definition) is 1. The Morgan fingerprint density at radius 3 is 1.91 bits per heavy atom. The molecule has 1 heteroatoms. The number of rotatable bonds is 4. The average Bonchev–Trinajstić information content (AvgIpc) is 2.46. The number of hydrogen-bond acceptors (Lipinski definition) is 1. The Kier molecular flexibility index (Phi) is 5.06. The first-order valence-electron chi connectivity index (χ1n) is 9.00. The summed E-state index contributed by atoms with van der Waals surface area (Å²) in [5, 5.41) is 0. The van der Waals surface area contributed by atoms with Crippen LogP contribution in [0.2, 0.25) is 0 Å². The molecule has 124 valence electrons. The molecule has 1 nitrogen and oxygen atoms in total. The van der Waals surface area contributed by atoms with Crippen LogP contribution in [0, 0.1) is 5.41 Å². The molecule has 1 aliphatic carbocycles. The molecule has 0 aliphatic heterocycles. The van der Waals surface area contributed by atoms with Crippen LogP contribution in [-0.2, 0) is 10.8 Å². The maximum Gasteiger partial charge on any atom is 0.00755 e. The van der Waals surface area contributed by atoms with E-state index in [0.29, 0.717) is 5.41 Å². The minimum absolute atomic E-state index is 0.221. The Morgan fingerprint density at radius 1 is 0.909 bits per heavy atom. The molecule has 0 heterocycles. The molecule has 1 saturated carbocycles. The van der Waals surface area contributed by atoms with Crippen LogP contribution in [0.4, 0.5) is 0 Å². The second-order valence-electron chi connectivity index (χ2n) is 9.24. The third-order valence-corrected chi connectivity index (χ3v) is 5.45. The Hall–Kier alpha value is -0.820. The van der Waals surface area contributed by atoms with Crippen molar-refractivity contribution in [2.45, 2.75) is 84.0 Å². The van der Waals surface area contributed by atoms with Gasteiger partial charge in [0.15, 0.2) is 0 Å². The van der Waals surface area contributed by atoms with E-state index < -0.39 is 0 Å². The maximum absolute atomic E-state index is 6.18. The van der Waals surface area contributed by atoms with Crippen molar-refractivity contribution in [3.05, 3.63) is 35.4 Å². The van der Waals surface area contributed by atoms with Crippen molar-refractivity contribution < 1.29 is 0 Å². The van der Waals surface area contributed by atoms with Gasteiger partial charge < -0.3 is 5.73 Å². The maximum atomic E-state index is 6.18. The molecule has 0 bridgehead atoms. The first-order valence-corrected chi connectivity index (χ1v) is 9.00. The van der Waals surface area contributed by atoms with Gasteiger partial charge in [-0.1, -0.05) is 78.1 Å². The van der Waals surface area contributed by atoms with Gasteiger partial charge in [-0.15, -0.1) is 0 Å². The standard InChI is InChI=1S/C21H35N/c1-19(2,3)15-20(4,5)17-9-11-18(12-10-17)21(16-22)13-7-6-8-14-21/h9-12H,6-8,13-16,22H2,1-5H3. The number of benzene rings is 1.